The van der Waals surface area contributed by atoms with Gasteiger partial charge in [0.15, 0.2) is 5.78 Å². The molecule has 1 N–H and O–H groups in total. The van der Waals surface area contributed by atoms with Crippen molar-refractivity contribution in [1.29, 1.82) is 0 Å². The van der Waals surface area contributed by atoms with Gasteiger partial charge in [-0.05, 0) is 32.8 Å². The van der Waals surface area contributed by atoms with Gasteiger partial charge >= 0.3 is 0 Å². The third-order valence-corrected chi connectivity index (χ3v) is 2.00. The molecule has 0 unspecified atom stereocenters. The number of nitrogens with one attached hydrogen (secondary N) is 1. The molecule has 0 bridgehead atoms. The maximum atomic E-state index is 11.2. The minimum absolute atomic E-state index is 0.0848. The Kier molecular flexibility index (Phi) is 7.60. The van der Waals surface area contributed by atoms with Crippen LogP contribution in [0.25, 0.3) is 0 Å². The molecule has 0 rings (SSSR count). The van der Waals surface area contributed by atoms with Crippen molar-refractivity contribution in [3.05, 3.63) is 12.7 Å². The van der Waals surface area contributed by atoms with Crippen LogP contribution < -0.4 is 5.32 Å². The molecule has 0 aliphatic rings. The Morgan fingerprint density at radius 2 is 1.80 bits per heavy atom. The van der Waals surface area contributed by atoms with Gasteiger partial charge in [-0.2, -0.15) is 0 Å². The van der Waals surface area contributed by atoms with Crippen molar-refractivity contribution in [3.63, 3.8) is 0 Å². The van der Waals surface area contributed by atoms with Crippen LogP contribution in [0.3, 0.4) is 0 Å². The Morgan fingerprint density at radius 1 is 1.20 bits per heavy atom. The van der Waals surface area contributed by atoms with Crippen LogP contribution in [0.2, 0.25) is 0 Å². The van der Waals surface area contributed by atoms with Crippen molar-refractivity contribution in [1.82, 2.24) is 5.32 Å². The van der Waals surface area contributed by atoms with Crippen LogP contribution in [0, 0.1) is 0 Å². The van der Waals surface area contributed by atoms with Gasteiger partial charge in [0.2, 0.25) is 5.91 Å². The van der Waals surface area contributed by atoms with Crippen molar-refractivity contribution in [3.8, 4) is 0 Å². The average molecular weight is 211 g/mol. The SMILES string of the molecule is C=CC(=O)CCCCCC(=O)NC(C)C. The molecule has 15 heavy (non-hydrogen) atoms. The zero-order chi connectivity index (χ0) is 11.7. The van der Waals surface area contributed by atoms with E-state index in [4.69, 9.17) is 0 Å². The average Bonchev–Trinajstić information content (AvgIpc) is 2.15. The van der Waals surface area contributed by atoms with Crippen molar-refractivity contribution in [2.24, 2.45) is 0 Å². The molecule has 86 valence electrons. The fourth-order valence-electron chi connectivity index (χ4n) is 1.26. The number of amides is 1. The van der Waals surface area contributed by atoms with Crippen LogP contribution in [0.1, 0.15) is 46.0 Å². The minimum Gasteiger partial charge on any atom is -0.354 e. The summed E-state index contributed by atoms with van der Waals surface area (Å²) in [5.41, 5.74) is 0. The first-order valence-electron chi connectivity index (χ1n) is 5.51. The smallest absolute Gasteiger partial charge is 0.220 e. The summed E-state index contributed by atoms with van der Waals surface area (Å²) in [5.74, 6) is 0.182. The molecule has 0 radical (unpaired) electrons. The van der Waals surface area contributed by atoms with Crippen molar-refractivity contribution >= 4 is 11.7 Å². The first-order chi connectivity index (χ1) is 7.06. The van der Waals surface area contributed by atoms with E-state index in [1.807, 2.05) is 13.8 Å². The molecule has 0 aromatic heterocycles. The second-order valence-electron chi connectivity index (χ2n) is 3.95. The molecule has 0 saturated heterocycles. The predicted molar refractivity (Wildman–Crippen MR) is 61.6 cm³/mol. The Balaban J connectivity index is 3.34. The Labute approximate surface area is 91.9 Å². The summed E-state index contributed by atoms with van der Waals surface area (Å²) < 4.78 is 0. The van der Waals surface area contributed by atoms with Crippen LogP contribution in [0.15, 0.2) is 12.7 Å². The molecule has 0 saturated carbocycles. The Morgan fingerprint density at radius 3 is 2.33 bits per heavy atom. The van der Waals surface area contributed by atoms with Gasteiger partial charge in [0, 0.05) is 18.9 Å². The molecular formula is C12H21NO2. The molecule has 0 atom stereocenters. The first-order valence-corrected chi connectivity index (χ1v) is 5.51. The molecular weight excluding hydrogens is 190 g/mol. The van der Waals surface area contributed by atoms with E-state index in [1.54, 1.807) is 0 Å². The quantitative estimate of drug-likeness (QED) is 0.494. The number of carbonyl (C=O) groups is 2. The largest absolute Gasteiger partial charge is 0.354 e. The number of rotatable bonds is 8. The number of hydrogen-bond donors (Lipinski definition) is 1. The van der Waals surface area contributed by atoms with Crippen molar-refractivity contribution < 1.29 is 9.59 Å². The van der Waals surface area contributed by atoms with E-state index in [2.05, 4.69) is 11.9 Å². The van der Waals surface area contributed by atoms with Gasteiger partial charge in [-0.3, -0.25) is 9.59 Å². The zero-order valence-electron chi connectivity index (χ0n) is 9.71. The summed E-state index contributed by atoms with van der Waals surface area (Å²) in [6.07, 6.45) is 5.08. The van der Waals surface area contributed by atoms with Crippen LogP contribution in [0.5, 0.6) is 0 Å². The summed E-state index contributed by atoms with van der Waals surface area (Å²) >= 11 is 0. The highest BCUT2D eigenvalue weighted by Crippen LogP contribution is 2.04. The highest BCUT2D eigenvalue weighted by Gasteiger charge is 2.02. The molecule has 3 heteroatoms. The predicted octanol–water partition coefficient (Wildman–Crippen LogP) is 2.22. The van der Waals surface area contributed by atoms with E-state index in [0.717, 1.165) is 19.3 Å². The number of hydrogen-bond acceptors (Lipinski definition) is 2. The van der Waals surface area contributed by atoms with E-state index < -0.39 is 0 Å². The second-order valence-corrected chi connectivity index (χ2v) is 3.95. The lowest BCUT2D eigenvalue weighted by molar-refractivity contribution is -0.121. The third-order valence-electron chi connectivity index (χ3n) is 2.00. The van der Waals surface area contributed by atoms with E-state index >= 15 is 0 Å². The molecule has 0 aromatic carbocycles. The molecule has 0 heterocycles. The van der Waals surface area contributed by atoms with Gasteiger partial charge in [-0.25, -0.2) is 0 Å². The van der Waals surface area contributed by atoms with Gasteiger partial charge in [0.05, 0.1) is 0 Å². The lowest BCUT2D eigenvalue weighted by atomic mass is 10.1. The molecule has 0 fully saturated rings. The summed E-state index contributed by atoms with van der Waals surface area (Å²) in [4.78, 5) is 22.1. The van der Waals surface area contributed by atoms with Crippen LogP contribution >= 0.6 is 0 Å². The van der Waals surface area contributed by atoms with E-state index in [0.29, 0.717) is 12.8 Å². The van der Waals surface area contributed by atoms with E-state index in [1.165, 1.54) is 6.08 Å². The van der Waals surface area contributed by atoms with Crippen LogP contribution in [-0.2, 0) is 9.59 Å². The highest BCUT2D eigenvalue weighted by molar-refractivity contribution is 5.88. The normalized spacial score (nSPS) is 10.1. The van der Waals surface area contributed by atoms with E-state index in [9.17, 15) is 9.59 Å². The molecule has 0 aliphatic heterocycles. The Bertz CT molecular complexity index is 222. The fraction of sp³-hybridized carbons (Fsp3) is 0.667. The molecule has 3 nitrogen and oxygen atoms in total. The number of carbonyl (C=O) groups excluding carboxylic acids is 2. The fourth-order valence-corrected chi connectivity index (χ4v) is 1.26. The van der Waals surface area contributed by atoms with Gasteiger partial charge < -0.3 is 5.32 Å². The van der Waals surface area contributed by atoms with Crippen LogP contribution in [-0.4, -0.2) is 17.7 Å². The van der Waals surface area contributed by atoms with Crippen LogP contribution in [0.4, 0.5) is 0 Å². The van der Waals surface area contributed by atoms with E-state index in [-0.39, 0.29) is 17.7 Å². The van der Waals surface area contributed by atoms with Gasteiger partial charge in [-0.15, -0.1) is 0 Å². The zero-order valence-corrected chi connectivity index (χ0v) is 9.71. The van der Waals surface area contributed by atoms with Gasteiger partial charge in [0.1, 0.15) is 0 Å². The summed E-state index contributed by atoms with van der Waals surface area (Å²) in [6.45, 7) is 7.30. The summed E-state index contributed by atoms with van der Waals surface area (Å²) in [6, 6.07) is 0.208. The second kappa shape index (κ2) is 8.21. The number of unbranched alkanes of at least 4 members (excludes halogenated alkanes) is 2. The van der Waals surface area contributed by atoms with Gasteiger partial charge in [-0.1, -0.05) is 13.0 Å². The van der Waals surface area contributed by atoms with Gasteiger partial charge in [0.25, 0.3) is 0 Å². The lowest BCUT2D eigenvalue weighted by Gasteiger charge is -2.07. The summed E-state index contributed by atoms with van der Waals surface area (Å²) in [7, 11) is 0. The third kappa shape index (κ3) is 9.19. The number of allylic oxidation sites excluding steroid dienone is 1. The maximum Gasteiger partial charge on any atom is 0.220 e. The first kappa shape index (κ1) is 13.9. The molecule has 0 aromatic rings. The monoisotopic (exact) mass is 211 g/mol. The summed E-state index contributed by atoms with van der Waals surface area (Å²) in [5, 5.41) is 2.83. The number of ketones is 1. The molecule has 0 aliphatic carbocycles. The maximum absolute atomic E-state index is 11.2. The molecule has 1 amide bonds. The Hall–Kier alpha value is -1.12. The van der Waals surface area contributed by atoms with Crippen molar-refractivity contribution in [2.45, 2.75) is 52.0 Å². The standard InChI is InChI=1S/C12H21NO2/c1-4-11(14)8-6-5-7-9-12(15)13-10(2)3/h4,10H,1,5-9H2,2-3H3,(H,13,15). The van der Waals surface area contributed by atoms with Crippen molar-refractivity contribution in [2.75, 3.05) is 0 Å². The molecule has 0 spiro atoms. The highest BCUT2D eigenvalue weighted by atomic mass is 16.1. The lowest BCUT2D eigenvalue weighted by Crippen LogP contribution is -2.29. The topological polar surface area (TPSA) is 46.2 Å². The minimum atomic E-state index is 0.0848.